The molecule has 0 aliphatic heterocycles. The van der Waals surface area contributed by atoms with Crippen molar-refractivity contribution in [2.45, 2.75) is 26.4 Å². The molecule has 0 radical (unpaired) electrons. The second-order valence-electron chi connectivity index (χ2n) is 4.54. The third-order valence-electron chi connectivity index (χ3n) is 3.21. The third kappa shape index (κ3) is 3.17. The summed E-state index contributed by atoms with van der Waals surface area (Å²) in [5.41, 5.74) is 1.66. The lowest BCUT2D eigenvalue weighted by molar-refractivity contribution is 0.544. The van der Waals surface area contributed by atoms with Crippen molar-refractivity contribution in [2.75, 3.05) is 6.54 Å². The van der Waals surface area contributed by atoms with Crippen molar-refractivity contribution in [3.63, 3.8) is 0 Å². The SMILES string of the molecule is CCNC(C)c1cccn1Cc1c(F)cccc1Cl. The minimum Gasteiger partial charge on any atom is -0.345 e. The second kappa shape index (κ2) is 6.22. The molecule has 0 bridgehead atoms. The number of aromatic nitrogens is 1. The number of rotatable bonds is 5. The van der Waals surface area contributed by atoms with E-state index < -0.39 is 0 Å². The monoisotopic (exact) mass is 280 g/mol. The summed E-state index contributed by atoms with van der Waals surface area (Å²) < 4.78 is 15.8. The molecule has 0 saturated carbocycles. The largest absolute Gasteiger partial charge is 0.345 e. The second-order valence-corrected chi connectivity index (χ2v) is 4.95. The van der Waals surface area contributed by atoms with Crippen LogP contribution in [0.25, 0.3) is 0 Å². The molecule has 0 saturated heterocycles. The molecule has 0 aliphatic rings. The van der Waals surface area contributed by atoms with Gasteiger partial charge in [0.1, 0.15) is 5.82 Å². The van der Waals surface area contributed by atoms with E-state index in [0.717, 1.165) is 12.2 Å². The van der Waals surface area contributed by atoms with E-state index in [-0.39, 0.29) is 11.9 Å². The van der Waals surface area contributed by atoms with Gasteiger partial charge in [-0.1, -0.05) is 24.6 Å². The van der Waals surface area contributed by atoms with Crippen LogP contribution in [0.15, 0.2) is 36.5 Å². The highest BCUT2D eigenvalue weighted by molar-refractivity contribution is 6.31. The van der Waals surface area contributed by atoms with Gasteiger partial charge in [0.05, 0.1) is 6.54 Å². The Balaban J connectivity index is 2.27. The first-order valence-corrected chi connectivity index (χ1v) is 6.82. The number of halogens is 2. The molecular weight excluding hydrogens is 263 g/mol. The molecule has 0 fully saturated rings. The average molecular weight is 281 g/mol. The smallest absolute Gasteiger partial charge is 0.129 e. The first-order valence-electron chi connectivity index (χ1n) is 6.44. The van der Waals surface area contributed by atoms with Crippen LogP contribution in [0.3, 0.4) is 0 Å². The predicted octanol–water partition coefficient (Wildman–Crippen LogP) is 4.00. The zero-order valence-corrected chi connectivity index (χ0v) is 11.9. The summed E-state index contributed by atoms with van der Waals surface area (Å²) >= 11 is 6.07. The molecule has 19 heavy (non-hydrogen) atoms. The van der Waals surface area contributed by atoms with E-state index in [0.29, 0.717) is 17.1 Å². The van der Waals surface area contributed by atoms with Crippen molar-refractivity contribution >= 4 is 11.6 Å². The number of nitrogens with zero attached hydrogens (tertiary/aromatic N) is 1. The summed E-state index contributed by atoms with van der Waals surface area (Å²) in [4.78, 5) is 0. The summed E-state index contributed by atoms with van der Waals surface area (Å²) in [5, 5.41) is 3.82. The van der Waals surface area contributed by atoms with E-state index in [4.69, 9.17) is 11.6 Å². The molecular formula is C15H18ClFN2. The lowest BCUT2D eigenvalue weighted by atomic mass is 10.2. The molecule has 1 aromatic heterocycles. The van der Waals surface area contributed by atoms with E-state index in [2.05, 4.69) is 19.2 Å². The van der Waals surface area contributed by atoms with Crippen LogP contribution in [0.2, 0.25) is 5.02 Å². The topological polar surface area (TPSA) is 17.0 Å². The quantitative estimate of drug-likeness (QED) is 0.876. The molecule has 0 amide bonds. The molecule has 4 heteroatoms. The zero-order chi connectivity index (χ0) is 13.8. The van der Waals surface area contributed by atoms with Gasteiger partial charge in [0, 0.05) is 28.5 Å². The van der Waals surface area contributed by atoms with Gasteiger partial charge in [-0.05, 0) is 37.7 Å². The summed E-state index contributed by atoms with van der Waals surface area (Å²) in [5.74, 6) is -0.261. The van der Waals surface area contributed by atoms with E-state index in [1.54, 1.807) is 12.1 Å². The van der Waals surface area contributed by atoms with Crippen LogP contribution in [0.1, 0.15) is 31.1 Å². The first kappa shape index (κ1) is 14.1. The molecule has 1 aromatic carbocycles. The van der Waals surface area contributed by atoms with Crippen molar-refractivity contribution in [1.82, 2.24) is 9.88 Å². The van der Waals surface area contributed by atoms with Crippen molar-refractivity contribution in [1.29, 1.82) is 0 Å². The highest BCUT2D eigenvalue weighted by Crippen LogP contribution is 2.22. The first-order chi connectivity index (χ1) is 9.13. The van der Waals surface area contributed by atoms with Crippen molar-refractivity contribution in [3.8, 4) is 0 Å². The minimum absolute atomic E-state index is 0.227. The lowest BCUT2D eigenvalue weighted by Gasteiger charge is -2.17. The molecule has 0 spiro atoms. The fourth-order valence-corrected chi connectivity index (χ4v) is 2.45. The molecule has 1 heterocycles. The molecule has 1 N–H and O–H groups in total. The number of hydrogen-bond donors (Lipinski definition) is 1. The summed E-state index contributed by atoms with van der Waals surface area (Å²) in [6.45, 7) is 5.51. The Morgan fingerprint density at radius 3 is 2.79 bits per heavy atom. The van der Waals surface area contributed by atoms with Gasteiger partial charge in [-0.15, -0.1) is 0 Å². The standard InChI is InChI=1S/C15H18ClFN2/c1-3-18-11(2)15-8-5-9-19(15)10-12-13(16)6-4-7-14(12)17/h4-9,11,18H,3,10H2,1-2H3. The van der Waals surface area contributed by atoms with Gasteiger partial charge >= 0.3 is 0 Å². The molecule has 102 valence electrons. The van der Waals surface area contributed by atoms with E-state index >= 15 is 0 Å². The fraction of sp³-hybridized carbons (Fsp3) is 0.333. The van der Waals surface area contributed by atoms with Gasteiger partial charge in [-0.25, -0.2) is 4.39 Å². The van der Waals surface area contributed by atoms with Crippen molar-refractivity contribution < 1.29 is 4.39 Å². The van der Waals surface area contributed by atoms with E-state index in [1.807, 2.05) is 22.9 Å². The molecule has 0 aliphatic carbocycles. The van der Waals surface area contributed by atoms with Gasteiger partial charge in [-0.2, -0.15) is 0 Å². The summed E-state index contributed by atoms with van der Waals surface area (Å²) in [6, 6.07) is 9.03. The Labute approximate surface area is 118 Å². The van der Waals surface area contributed by atoms with Crippen LogP contribution >= 0.6 is 11.6 Å². The highest BCUT2D eigenvalue weighted by atomic mass is 35.5. The Morgan fingerprint density at radius 1 is 1.32 bits per heavy atom. The van der Waals surface area contributed by atoms with Gasteiger partial charge < -0.3 is 9.88 Å². The van der Waals surface area contributed by atoms with E-state index in [9.17, 15) is 4.39 Å². The Hall–Kier alpha value is -1.32. The summed E-state index contributed by atoms with van der Waals surface area (Å²) in [7, 11) is 0. The zero-order valence-electron chi connectivity index (χ0n) is 11.2. The minimum atomic E-state index is -0.261. The van der Waals surface area contributed by atoms with Crippen LogP contribution in [0.5, 0.6) is 0 Å². The van der Waals surface area contributed by atoms with Crippen molar-refractivity contribution in [3.05, 3.63) is 58.6 Å². The lowest BCUT2D eigenvalue weighted by Crippen LogP contribution is -2.21. The maximum Gasteiger partial charge on any atom is 0.129 e. The number of hydrogen-bond acceptors (Lipinski definition) is 1. The van der Waals surface area contributed by atoms with Gasteiger partial charge in [0.15, 0.2) is 0 Å². The Morgan fingerprint density at radius 2 is 2.11 bits per heavy atom. The van der Waals surface area contributed by atoms with Gasteiger partial charge in [0.25, 0.3) is 0 Å². The summed E-state index contributed by atoms with van der Waals surface area (Å²) in [6.07, 6.45) is 1.95. The van der Waals surface area contributed by atoms with Crippen LogP contribution in [-0.2, 0) is 6.54 Å². The average Bonchev–Trinajstić information content (AvgIpc) is 2.82. The Bertz CT molecular complexity index is 531. The van der Waals surface area contributed by atoms with Crippen LogP contribution in [-0.4, -0.2) is 11.1 Å². The number of benzene rings is 1. The molecule has 2 nitrogen and oxygen atoms in total. The molecule has 2 aromatic rings. The number of nitrogens with one attached hydrogen (secondary N) is 1. The van der Waals surface area contributed by atoms with Crippen molar-refractivity contribution in [2.24, 2.45) is 0 Å². The fourth-order valence-electron chi connectivity index (χ4n) is 2.23. The molecule has 2 rings (SSSR count). The third-order valence-corrected chi connectivity index (χ3v) is 3.56. The maximum absolute atomic E-state index is 13.8. The predicted molar refractivity (Wildman–Crippen MR) is 77.0 cm³/mol. The van der Waals surface area contributed by atoms with Crippen LogP contribution in [0.4, 0.5) is 4.39 Å². The van der Waals surface area contributed by atoms with Gasteiger partial charge in [-0.3, -0.25) is 0 Å². The molecule has 1 atom stereocenters. The van der Waals surface area contributed by atoms with E-state index in [1.165, 1.54) is 6.07 Å². The highest BCUT2D eigenvalue weighted by Gasteiger charge is 2.12. The van der Waals surface area contributed by atoms with Crippen LogP contribution < -0.4 is 5.32 Å². The van der Waals surface area contributed by atoms with Gasteiger partial charge in [0.2, 0.25) is 0 Å². The molecule has 1 unspecified atom stereocenters. The van der Waals surface area contributed by atoms with Crippen LogP contribution in [0, 0.1) is 5.82 Å². The Kier molecular flexibility index (Phi) is 4.61. The normalized spacial score (nSPS) is 12.6. The maximum atomic E-state index is 13.8.